The zero-order valence-corrected chi connectivity index (χ0v) is 17.5. The number of carbonyl (C=O) groups excluding carboxylic acids is 2. The van der Waals surface area contributed by atoms with Crippen LogP contribution in [0, 0.1) is 11.6 Å². The zero-order chi connectivity index (χ0) is 22.2. The van der Waals surface area contributed by atoms with E-state index in [1.807, 2.05) is 0 Å². The summed E-state index contributed by atoms with van der Waals surface area (Å²) < 4.78 is 36.8. The van der Waals surface area contributed by atoms with Gasteiger partial charge < -0.3 is 20.1 Å². The molecule has 0 atom stereocenters. The summed E-state index contributed by atoms with van der Waals surface area (Å²) in [5.74, 6) is -1.59. The van der Waals surface area contributed by atoms with E-state index in [1.54, 1.807) is 24.3 Å². The molecule has 0 bridgehead atoms. The van der Waals surface area contributed by atoms with E-state index in [2.05, 4.69) is 10.6 Å². The average Bonchev–Trinajstić information content (AvgIpc) is 2.73. The Balaban J connectivity index is 1.32. The number of carbonyl (C=O) groups is 2. The predicted octanol–water partition coefficient (Wildman–Crippen LogP) is 3.62. The first-order chi connectivity index (χ1) is 14.9. The highest BCUT2D eigenvalue weighted by Gasteiger charge is 2.23. The second kappa shape index (κ2) is 10.9. The number of hydrogen-bond donors (Lipinski definition) is 2. The van der Waals surface area contributed by atoms with Crippen LogP contribution in [-0.4, -0.2) is 37.1 Å². The molecule has 0 unspecified atom stereocenters. The molecule has 31 heavy (non-hydrogen) atoms. The molecule has 0 radical (unpaired) electrons. The second-order valence-corrected chi connectivity index (χ2v) is 7.76. The minimum Gasteiger partial charge on any atom is -0.484 e. The average molecular weight is 453 g/mol. The van der Waals surface area contributed by atoms with Crippen LogP contribution in [0.4, 0.5) is 8.78 Å². The standard InChI is InChI=1S/C22H23ClF2N2O4/c23-14-1-7-19(8-2-14)30-12-21(28)26-17-3-5-18(6-4-17)27-22(29)13-31-20-10-15(24)9-16(25)11-20/h1-2,7-11,17-18H,3-6,12-13H2,(H,26,28)(H,27,29)/t17-,18-. The smallest absolute Gasteiger partial charge is 0.258 e. The monoisotopic (exact) mass is 452 g/mol. The lowest BCUT2D eigenvalue weighted by atomic mass is 9.91. The summed E-state index contributed by atoms with van der Waals surface area (Å²) in [6.45, 7) is -0.419. The van der Waals surface area contributed by atoms with Crippen molar-refractivity contribution in [3.63, 3.8) is 0 Å². The lowest BCUT2D eigenvalue weighted by Crippen LogP contribution is -2.45. The molecule has 2 amide bonds. The van der Waals surface area contributed by atoms with Crippen LogP contribution in [0.3, 0.4) is 0 Å². The van der Waals surface area contributed by atoms with Gasteiger partial charge in [0.15, 0.2) is 13.2 Å². The molecular weight excluding hydrogens is 430 g/mol. The van der Waals surface area contributed by atoms with Gasteiger partial charge in [0.05, 0.1) is 0 Å². The molecule has 0 saturated heterocycles. The van der Waals surface area contributed by atoms with Gasteiger partial charge in [-0.05, 0) is 49.9 Å². The largest absolute Gasteiger partial charge is 0.484 e. The molecule has 0 aromatic heterocycles. The molecule has 166 valence electrons. The Labute approximate surface area is 183 Å². The van der Waals surface area contributed by atoms with Crippen LogP contribution in [0.25, 0.3) is 0 Å². The third kappa shape index (κ3) is 7.71. The molecule has 2 aromatic rings. The molecular formula is C22H23ClF2N2O4. The third-order valence-electron chi connectivity index (χ3n) is 4.85. The summed E-state index contributed by atoms with van der Waals surface area (Å²) in [5, 5.41) is 6.37. The van der Waals surface area contributed by atoms with Gasteiger partial charge in [-0.1, -0.05) is 11.6 Å². The fourth-order valence-corrected chi connectivity index (χ4v) is 3.49. The fourth-order valence-electron chi connectivity index (χ4n) is 3.36. The highest BCUT2D eigenvalue weighted by molar-refractivity contribution is 6.30. The van der Waals surface area contributed by atoms with E-state index in [-0.39, 0.29) is 42.9 Å². The molecule has 1 saturated carbocycles. The molecule has 9 heteroatoms. The van der Waals surface area contributed by atoms with Gasteiger partial charge >= 0.3 is 0 Å². The van der Waals surface area contributed by atoms with E-state index in [1.165, 1.54) is 0 Å². The van der Waals surface area contributed by atoms with Crippen LogP contribution in [-0.2, 0) is 9.59 Å². The van der Waals surface area contributed by atoms with Crippen LogP contribution in [0.1, 0.15) is 25.7 Å². The van der Waals surface area contributed by atoms with Crippen molar-refractivity contribution in [3.8, 4) is 11.5 Å². The SMILES string of the molecule is O=C(COc1ccc(Cl)cc1)N[C@H]1CC[C@H](NC(=O)COc2cc(F)cc(F)c2)CC1. The van der Waals surface area contributed by atoms with E-state index >= 15 is 0 Å². The zero-order valence-electron chi connectivity index (χ0n) is 16.7. The van der Waals surface area contributed by atoms with Gasteiger partial charge in [-0.2, -0.15) is 0 Å². The first kappa shape index (κ1) is 22.8. The van der Waals surface area contributed by atoms with Crippen LogP contribution in [0.2, 0.25) is 5.02 Å². The van der Waals surface area contributed by atoms with Crippen molar-refractivity contribution in [3.05, 3.63) is 59.1 Å². The molecule has 0 heterocycles. The van der Waals surface area contributed by atoms with E-state index in [0.29, 0.717) is 36.5 Å². The van der Waals surface area contributed by atoms with E-state index in [9.17, 15) is 18.4 Å². The van der Waals surface area contributed by atoms with Crippen LogP contribution >= 0.6 is 11.6 Å². The van der Waals surface area contributed by atoms with Crippen molar-refractivity contribution in [1.29, 1.82) is 0 Å². The normalized spacial score (nSPS) is 18.2. The molecule has 2 N–H and O–H groups in total. The minimum absolute atomic E-state index is 0.0148. The lowest BCUT2D eigenvalue weighted by Gasteiger charge is -2.29. The number of rotatable bonds is 8. The Kier molecular flexibility index (Phi) is 8.06. The van der Waals surface area contributed by atoms with Crippen molar-refractivity contribution < 1.29 is 27.8 Å². The molecule has 1 aliphatic carbocycles. The van der Waals surface area contributed by atoms with Crippen LogP contribution in [0.5, 0.6) is 11.5 Å². The summed E-state index contributed by atoms with van der Waals surface area (Å²) in [6.07, 6.45) is 2.83. The van der Waals surface area contributed by atoms with Crippen molar-refractivity contribution in [2.75, 3.05) is 13.2 Å². The first-order valence-electron chi connectivity index (χ1n) is 9.93. The maximum Gasteiger partial charge on any atom is 0.258 e. The molecule has 2 aromatic carbocycles. The van der Waals surface area contributed by atoms with Crippen LogP contribution in [0.15, 0.2) is 42.5 Å². The van der Waals surface area contributed by atoms with E-state index in [0.717, 1.165) is 18.2 Å². The lowest BCUT2D eigenvalue weighted by molar-refractivity contribution is -0.125. The number of ether oxygens (including phenoxy) is 2. The number of benzene rings is 2. The quantitative estimate of drug-likeness (QED) is 0.641. The molecule has 6 nitrogen and oxygen atoms in total. The van der Waals surface area contributed by atoms with Gasteiger partial charge in [0.25, 0.3) is 11.8 Å². The minimum atomic E-state index is -0.769. The topological polar surface area (TPSA) is 76.7 Å². The summed E-state index contributed by atoms with van der Waals surface area (Å²) >= 11 is 5.81. The number of amides is 2. The summed E-state index contributed by atoms with van der Waals surface area (Å²) in [5.41, 5.74) is 0. The fraction of sp³-hybridized carbons (Fsp3) is 0.364. The van der Waals surface area contributed by atoms with E-state index < -0.39 is 11.6 Å². The van der Waals surface area contributed by atoms with Gasteiger partial charge in [-0.3, -0.25) is 9.59 Å². The Bertz CT molecular complexity index is 883. The van der Waals surface area contributed by atoms with Crippen molar-refractivity contribution in [1.82, 2.24) is 10.6 Å². The molecule has 0 aliphatic heterocycles. The third-order valence-corrected chi connectivity index (χ3v) is 5.10. The van der Waals surface area contributed by atoms with Gasteiger partial charge in [0.2, 0.25) is 0 Å². The Morgan fingerprint density at radius 3 is 1.74 bits per heavy atom. The summed E-state index contributed by atoms with van der Waals surface area (Å²) in [4.78, 5) is 24.1. The van der Waals surface area contributed by atoms with Gasteiger partial charge in [0, 0.05) is 35.3 Å². The van der Waals surface area contributed by atoms with Crippen molar-refractivity contribution >= 4 is 23.4 Å². The molecule has 0 spiro atoms. The number of hydrogen-bond acceptors (Lipinski definition) is 4. The van der Waals surface area contributed by atoms with E-state index in [4.69, 9.17) is 21.1 Å². The van der Waals surface area contributed by atoms with Crippen LogP contribution < -0.4 is 20.1 Å². The summed E-state index contributed by atoms with van der Waals surface area (Å²) in [6, 6.07) is 9.49. The Morgan fingerprint density at radius 2 is 1.26 bits per heavy atom. The molecule has 1 fully saturated rings. The van der Waals surface area contributed by atoms with Gasteiger partial charge in [0.1, 0.15) is 23.1 Å². The summed E-state index contributed by atoms with van der Waals surface area (Å²) in [7, 11) is 0. The molecule has 1 aliphatic rings. The number of halogens is 3. The maximum absolute atomic E-state index is 13.1. The highest BCUT2D eigenvalue weighted by Crippen LogP contribution is 2.20. The Morgan fingerprint density at radius 1 is 0.806 bits per heavy atom. The second-order valence-electron chi connectivity index (χ2n) is 7.32. The van der Waals surface area contributed by atoms with Crippen molar-refractivity contribution in [2.45, 2.75) is 37.8 Å². The first-order valence-corrected chi connectivity index (χ1v) is 10.3. The predicted molar refractivity (Wildman–Crippen MR) is 111 cm³/mol. The maximum atomic E-state index is 13.1. The Hall–Kier alpha value is -2.87. The van der Waals surface area contributed by atoms with Crippen molar-refractivity contribution in [2.24, 2.45) is 0 Å². The van der Waals surface area contributed by atoms with Gasteiger partial charge in [-0.25, -0.2) is 8.78 Å². The van der Waals surface area contributed by atoms with Gasteiger partial charge in [-0.15, -0.1) is 0 Å². The highest BCUT2D eigenvalue weighted by atomic mass is 35.5. The molecule has 3 rings (SSSR count). The number of nitrogens with one attached hydrogen (secondary N) is 2.